The van der Waals surface area contributed by atoms with Gasteiger partial charge in [0, 0.05) is 19.1 Å². The molecule has 2 saturated heterocycles. The summed E-state index contributed by atoms with van der Waals surface area (Å²) in [4.78, 5) is 13.8. The van der Waals surface area contributed by atoms with E-state index in [9.17, 15) is 4.79 Å². The van der Waals surface area contributed by atoms with Crippen LogP contribution in [0.2, 0.25) is 0 Å². The molecule has 0 bridgehead atoms. The van der Waals surface area contributed by atoms with Crippen molar-refractivity contribution >= 4 is 5.91 Å². The molecule has 86 valence electrons. The minimum Gasteiger partial charge on any atom is -0.376 e. The van der Waals surface area contributed by atoms with Crippen molar-refractivity contribution in [2.24, 2.45) is 5.73 Å². The maximum atomic E-state index is 12.0. The molecule has 0 aromatic rings. The third kappa shape index (κ3) is 2.68. The second kappa shape index (κ2) is 4.92. The lowest BCUT2D eigenvalue weighted by Gasteiger charge is -2.34. The molecule has 2 unspecified atom stereocenters. The lowest BCUT2D eigenvalue weighted by molar-refractivity contribution is -0.159. The van der Waals surface area contributed by atoms with Crippen LogP contribution in [0.4, 0.5) is 0 Å². The van der Waals surface area contributed by atoms with Gasteiger partial charge in [0.15, 0.2) is 6.10 Å². The molecule has 0 aromatic heterocycles. The molecule has 2 N–H and O–H groups in total. The Morgan fingerprint density at radius 3 is 2.93 bits per heavy atom. The molecule has 0 saturated carbocycles. The van der Waals surface area contributed by atoms with Gasteiger partial charge in [-0.25, -0.2) is 0 Å². The number of nitrogens with two attached hydrogens (primary N) is 1. The van der Waals surface area contributed by atoms with E-state index in [2.05, 4.69) is 0 Å². The van der Waals surface area contributed by atoms with Gasteiger partial charge in [0.2, 0.25) is 0 Å². The molecule has 0 aromatic carbocycles. The average Bonchev–Trinajstić information content (AvgIpc) is 2.29. The van der Waals surface area contributed by atoms with Gasteiger partial charge in [0.05, 0.1) is 19.8 Å². The Morgan fingerprint density at radius 2 is 2.27 bits per heavy atom. The lowest BCUT2D eigenvalue weighted by Crippen LogP contribution is -2.51. The Hall–Kier alpha value is -0.650. The highest BCUT2D eigenvalue weighted by molar-refractivity contribution is 5.81. The van der Waals surface area contributed by atoms with Crippen LogP contribution in [-0.4, -0.2) is 55.9 Å². The Balaban J connectivity index is 1.88. The molecule has 2 fully saturated rings. The van der Waals surface area contributed by atoms with Gasteiger partial charge < -0.3 is 20.1 Å². The van der Waals surface area contributed by atoms with Gasteiger partial charge in [-0.1, -0.05) is 0 Å². The summed E-state index contributed by atoms with van der Waals surface area (Å²) in [6, 6.07) is 0.118. The lowest BCUT2D eigenvalue weighted by atomic mass is 10.1. The van der Waals surface area contributed by atoms with Crippen molar-refractivity contribution in [3.8, 4) is 0 Å². The molecule has 15 heavy (non-hydrogen) atoms. The van der Waals surface area contributed by atoms with Crippen LogP contribution in [0, 0.1) is 0 Å². The highest BCUT2D eigenvalue weighted by Gasteiger charge is 2.29. The molecule has 0 spiro atoms. The zero-order valence-electron chi connectivity index (χ0n) is 8.85. The van der Waals surface area contributed by atoms with E-state index in [-0.39, 0.29) is 11.9 Å². The van der Waals surface area contributed by atoms with Crippen LogP contribution in [0.25, 0.3) is 0 Å². The van der Waals surface area contributed by atoms with Crippen LogP contribution in [0.15, 0.2) is 0 Å². The first kappa shape index (κ1) is 10.9. The highest BCUT2D eigenvalue weighted by Crippen LogP contribution is 2.12. The standard InChI is InChI=1S/C10H18N2O3/c11-8-2-1-3-12(6-8)10(13)9-7-14-4-5-15-9/h8-9H,1-7,11H2. The van der Waals surface area contributed by atoms with Crippen LogP contribution in [0.1, 0.15) is 12.8 Å². The summed E-state index contributed by atoms with van der Waals surface area (Å²) >= 11 is 0. The minimum atomic E-state index is -0.413. The predicted octanol–water partition coefficient (Wildman–Crippen LogP) is -0.648. The number of carbonyl (C=O) groups is 1. The first-order valence-electron chi connectivity index (χ1n) is 5.51. The van der Waals surface area contributed by atoms with Crippen LogP contribution in [0.5, 0.6) is 0 Å². The van der Waals surface area contributed by atoms with E-state index in [0.717, 1.165) is 19.4 Å². The molecule has 5 heteroatoms. The fourth-order valence-electron chi connectivity index (χ4n) is 2.04. The van der Waals surface area contributed by atoms with Crippen molar-refractivity contribution < 1.29 is 14.3 Å². The highest BCUT2D eigenvalue weighted by atomic mass is 16.6. The fraction of sp³-hybridized carbons (Fsp3) is 0.900. The van der Waals surface area contributed by atoms with Gasteiger partial charge in [-0.2, -0.15) is 0 Å². The Kier molecular flexibility index (Phi) is 3.56. The number of ether oxygens (including phenoxy) is 2. The van der Waals surface area contributed by atoms with Crippen molar-refractivity contribution in [3.63, 3.8) is 0 Å². The molecule has 5 nitrogen and oxygen atoms in total. The number of amides is 1. The number of likely N-dealkylation sites (tertiary alicyclic amines) is 1. The SMILES string of the molecule is NC1CCCN(C(=O)C2COCCO2)C1. The fourth-order valence-corrected chi connectivity index (χ4v) is 2.04. The molecule has 1 amide bonds. The number of hydrogen-bond acceptors (Lipinski definition) is 4. The van der Waals surface area contributed by atoms with Crippen LogP contribution >= 0.6 is 0 Å². The predicted molar refractivity (Wildman–Crippen MR) is 54.3 cm³/mol. The Morgan fingerprint density at radius 1 is 1.40 bits per heavy atom. The summed E-state index contributed by atoms with van der Waals surface area (Å²) in [6.07, 6.45) is 1.58. The normalized spacial score (nSPS) is 32.7. The molecule has 0 radical (unpaired) electrons. The number of carbonyl (C=O) groups excluding carboxylic acids is 1. The van der Waals surface area contributed by atoms with Crippen molar-refractivity contribution in [2.75, 3.05) is 32.9 Å². The largest absolute Gasteiger partial charge is 0.376 e. The van der Waals surface area contributed by atoms with Gasteiger partial charge in [0.25, 0.3) is 5.91 Å². The molecule has 2 heterocycles. The number of piperidine rings is 1. The van der Waals surface area contributed by atoms with E-state index < -0.39 is 6.10 Å². The number of rotatable bonds is 1. The third-order valence-corrected chi connectivity index (χ3v) is 2.86. The maximum Gasteiger partial charge on any atom is 0.254 e. The summed E-state index contributed by atoms with van der Waals surface area (Å²) in [5.41, 5.74) is 5.83. The van der Waals surface area contributed by atoms with E-state index >= 15 is 0 Å². The summed E-state index contributed by atoms with van der Waals surface area (Å²) in [5.74, 6) is 0.0323. The summed E-state index contributed by atoms with van der Waals surface area (Å²) in [5, 5.41) is 0. The molecule has 2 rings (SSSR count). The van der Waals surface area contributed by atoms with E-state index in [1.807, 2.05) is 0 Å². The van der Waals surface area contributed by atoms with Crippen LogP contribution in [-0.2, 0) is 14.3 Å². The van der Waals surface area contributed by atoms with Crippen molar-refractivity contribution in [2.45, 2.75) is 25.0 Å². The van der Waals surface area contributed by atoms with Gasteiger partial charge >= 0.3 is 0 Å². The monoisotopic (exact) mass is 214 g/mol. The molecule has 2 aliphatic heterocycles. The molecule has 2 atom stereocenters. The topological polar surface area (TPSA) is 64.8 Å². The van der Waals surface area contributed by atoms with E-state index in [0.29, 0.717) is 26.4 Å². The number of hydrogen-bond donors (Lipinski definition) is 1. The smallest absolute Gasteiger partial charge is 0.254 e. The van der Waals surface area contributed by atoms with Crippen LogP contribution < -0.4 is 5.73 Å². The quantitative estimate of drug-likeness (QED) is 0.630. The minimum absolute atomic E-state index is 0.0323. The Bertz CT molecular complexity index is 229. The second-order valence-electron chi connectivity index (χ2n) is 4.12. The van der Waals surface area contributed by atoms with Crippen molar-refractivity contribution in [1.29, 1.82) is 0 Å². The van der Waals surface area contributed by atoms with Gasteiger partial charge in [-0.05, 0) is 12.8 Å². The van der Waals surface area contributed by atoms with Gasteiger partial charge in [0.1, 0.15) is 0 Å². The summed E-state index contributed by atoms with van der Waals surface area (Å²) in [7, 11) is 0. The average molecular weight is 214 g/mol. The maximum absolute atomic E-state index is 12.0. The van der Waals surface area contributed by atoms with E-state index in [1.54, 1.807) is 4.90 Å². The molecular weight excluding hydrogens is 196 g/mol. The summed E-state index contributed by atoms with van der Waals surface area (Å²) < 4.78 is 10.6. The number of nitrogens with zero attached hydrogens (tertiary/aromatic N) is 1. The van der Waals surface area contributed by atoms with Crippen molar-refractivity contribution in [1.82, 2.24) is 4.90 Å². The van der Waals surface area contributed by atoms with Crippen LogP contribution in [0.3, 0.4) is 0 Å². The molecule has 2 aliphatic rings. The zero-order valence-corrected chi connectivity index (χ0v) is 8.85. The van der Waals surface area contributed by atoms with Gasteiger partial charge in [-0.15, -0.1) is 0 Å². The van der Waals surface area contributed by atoms with E-state index in [4.69, 9.17) is 15.2 Å². The van der Waals surface area contributed by atoms with E-state index in [1.165, 1.54) is 0 Å². The third-order valence-electron chi connectivity index (χ3n) is 2.86. The summed E-state index contributed by atoms with van der Waals surface area (Å²) in [6.45, 7) is 2.93. The van der Waals surface area contributed by atoms with Gasteiger partial charge in [-0.3, -0.25) is 4.79 Å². The molecule has 0 aliphatic carbocycles. The Labute approximate surface area is 89.5 Å². The zero-order chi connectivity index (χ0) is 10.7. The second-order valence-corrected chi connectivity index (χ2v) is 4.12. The van der Waals surface area contributed by atoms with Crippen molar-refractivity contribution in [3.05, 3.63) is 0 Å². The first-order chi connectivity index (χ1) is 7.27. The first-order valence-corrected chi connectivity index (χ1v) is 5.51. The molecular formula is C10H18N2O3.